The van der Waals surface area contributed by atoms with Crippen molar-refractivity contribution in [3.8, 4) is 0 Å². The van der Waals surface area contributed by atoms with Crippen LogP contribution in [0.3, 0.4) is 0 Å². The Morgan fingerprint density at radius 1 is 1.57 bits per heavy atom. The summed E-state index contributed by atoms with van der Waals surface area (Å²) < 4.78 is 29.8. The molecule has 0 aliphatic heterocycles. The predicted molar refractivity (Wildman–Crippen MR) is 55.4 cm³/mol. The molecule has 0 saturated carbocycles. The van der Waals surface area contributed by atoms with Gasteiger partial charge in [0.25, 0.3) is 16.0 Å². The van der Waals surface area contributed by atoms with Gasteiger partial charge in [-0.3, -0.25) is 9.35 Å². The van der Waals surface area contributed by atoms with Gasteiger partial charge in [-0.1, -0.05) is 26.3 Å². The van der Waals surface area contributed by atoms with E-state index in [-0.39, 0.29) is 35.5 Å². The Morgan fingerprint density at radius 2 is 2.00 bits per heavy atom. The number of primary amides is 1. The monoisotopic (exact) mass is 231 g/mol. The third-order valence-corrected chi connectivity index (χ3v) is 2.49. The van der Waals surface area contributed by atoms with Crippen LogP contribution in [0.1, 0.15) is 20.3 Å². The standard InChI is InChI=1S/C7H13NO4S.Na.H/c1-3-5(2)4-6(7(8)9)13(10,11)12;;/h4-5H,3H2,1-2H3,(H2,8,9)(H,10,11,12);;/b6-4+;;. The minimum atomic E-state index is -4.48. The maximum absolute atomic E-state index is 10.6. The van der Waals surface area contributed by atoms with Crippen molar-refractivity contribution in [2.75, 3.05) is 0 Å². The average molecular weight is 231 g/mol. The zero-order valence-corrected chi connectivity index (χ0v) is 8.34. The molecule has 0 bridgehead atoms. The first-order valence-electron chi connectivity index (χ1n) is 3.78. The van der Waals surface area contributed by atoms with Gasteiger partial charge in [-0.05, 0) is 5.92 Å². The molecule has 0 rings (SSSR count). The Labute approximate surface area is 106 Å². The number of carbonyl (C=O) groups is 1. The van der Waals surface area contributed by atoms with Crippen molar-refractivity contribution in [2.24, 2.45) is 11.7 Å². The molecule has 0 aliphatic rings. The molecule has 0 saturated heterocycles. The number of carbonyl (C=O) groups excluding carboxylic acids is 1. The van der Waals surface area contributed by atoms with Crippen LogP contribution in [0.2, 0.25) is 0 Å². The first-order valence-corrected chi connectivity index (χ1v) is 5.22. The molecule has 5 nitrogen and oxygen atoms in total. The van der Waals surface area contributed by atoms with Gasteiger partial charge in [0.05, 0.1) is 0 Å². The van der Waals surface area contributed by atoms with Gasteiger partial charge in [0.15, 0.2) is 4.91 Å². The second-order valence-electron chi connectivity index (χ2n) is 2.76. The van der Waals surface area contributed by atoms with E-state index in [1.54, 1.807) is 6.92 Å². The molecule has 3 N–H and O–H groups in total. The van der Waals surface area contributed by atoms with E-state index in [1.807, 2.05) is 6.92 Å². The van der Waals surface area contributed by atoms with Crippen LogP contribution in [-0.2, 0) is 14.9 Å². The van der Waals surface area contributed by atoms with Crippen LogP contribution in [0, 0.1) is 5.92 Å². The normalized spacial score (nSPS) is 14.4. The zero-order chi connectivity index (χ0) is 10.6. The number of rotatable bonds is 4. The molecule has 1 atom stereocenters. The van der Waals surface area contributed by atoms with Gasteiger partial charge < -0.3 is 5.73 Å². The van der Waals surface area contributed by atoms with E-state index in [0.29, 0.717) is 6.42 Å². The molecule has 1 amide bonds. The fourth-order valence-electron chi connectivity index (χ4n) is 0.672. The van der Waals surface area contributed by atoms with E-state index >= 15 is 0 Å². The quantitative estimate of drug-likeness (QED) is 0.392. The van der Waals surface area contributed by atoms with Gasteiger partial charge in [0, 0.05) is 0 Å². The first kappa shape index (κ1) is 16.5. The summed E-state index contributed by atoms with van der Waals surface area (Å²) in [5, 5.41) is 0. The van der Waals surface area contributed by atoms with Gasteiger partial charge in [-0.2, -0.15) is 8.42 Å². The summed E-state index contributed by atoms with van der Waals surface area (Å²) in [6.45, 7) is 3.54. The third-order valence-electron chi connectivity index (χ3n) is 1.60. The van der Waals surface area contributed by atoms with Gasteiger partial charge in [-0.25, -0.2) is 0 Å². The van der Waals surface area contributed by atoms with Gasteiger partial charge in [0.1, 0.15) is 0 Å². The van der Waals surface area contributed by atoms with Crippen LogP contribution in [0.5, 0.6) is 0 Å². The van der Waals surface area contributed by atoms with Gasteiger partial charge in [-0.15, -0.1) is 0 Å². The number of hydrogen-bond donors (Lipinski definition) is 2. The molecule has 1 unspecified atom stereocenters. The molecule has 0 aromatic carbocycles. The van der Waals surface area contributed by atoms with E-state index in [9.17, 15) is 13.2 Å². The molecule has 14 heavy (non-hydrogen) atoms. The number of nitrogens with two attached hydrogens (primary N) is 1. The zero-order valence-electron chi connectivity index (χ0n) is 7.52. The van der Waals surface area contributed by atoms with E-state index < -0.39 is 20.9 Å². The molecule has 0 radical (unpaired) electrons. The number of allylic oxidation sites excluding steroid dienone is 1. The Morgan fingerprint density at radius 3 is 2.21 bits per heavy atom. The maximum atomic E-state index is 10.6. The van der Waals surface area contributed by atoms with Crippen LogP contribution in [-0.4, -0.2) is 48.4 Å². The second kappa shape index (κ2) is 6.58. The topological polar surface area (TPSA) is 97.5 Å². The molecule has 7 heteroatoms. The summed E-state index contributed by atoms with van der Waals surface area (Å²) in [6.07, 6.45) is 1.81. The van der Waals surface area contributed by atoms with Gasteiger partial charge >= 0.3 is 29.6 Å². The van der Waals surface area contributed by atoms with Crippen LogP contribution in [0.15, 0.2) is 11.0 Å². The van der Waals surface area contributed by atoms with Crippen molar-refractivity contribution in [1.29, 1.82) is 0 Å². The molecule has 0 heterocycles. The molecular weight excluding hydrogens is 217 g/mol. The van der Waals surface area contributed by atoms with E-state index in [4.69, 9.17) is 10.3 Å². The summed E-state index contributed by atoms with van der Waals surface area (Å²) >= 11 is 0. The summed E-state index contributed by atoms with van der Waals surface area (Å²) in [5.41, 5.74) is 4.78. The Hall–Kier alpha value is 0.120. The van der Waals surface area contributed by atoms with Crippen LogP contribution < -0.4 is 5.73 Å². The number of amides is 1. The predicted octanol–water partition coefficient (Wildman–Crippen LogP) is -0.359. The van der Waals surface area contributed by atoms with Crippen LogP contribution in [0.25, 0.3) is 0 Å². The Balaban J connectivity index is 0. The summed E-state index contributed by atoms with van der Waals surface area (Å²) in [7, 11) is -4.48. The summed E-state index contributed by atoms with van der Waals surface area (Å²) in [5.74, 6) is -1.26. The van der Waals surface area contributed by atoms with Crippen LogP contribution in [0.4, 0.5) is 0 Å². The fraction of sp³-hybridized carbons (Fsp3) is 0.571. The Kier molecular flexibility index (Phi) is 7.77. The van der Waals surface area contributed by atoms with Crippen molar-refractivity contribution in [3.63, 3.8) is 0 Å². The van der Waals surface area contributed by atoms with E-state index in [1.165, 1.54) is 0 Å². The molecule has 0 spiro atoms. The van der Waals surface area contributed by atoms with Crippen molar-refractivity contribution < 1.29 is 17.8 Å². The number of hydrogen-bond acceptors (Lipinski definition) is 3. The molecule has 78 valence electrons. The van der Waals surface area contributed by atoms with Crippen molar-refractivity contribution in [3.05, 3.63) is 11.0 Å². The molecule has 0 aromatic rings. The molecular formula is C7H14NNaO4S. The van der Waals surface area contributed by atoms with Crippen LogP contribution >= 0.6 is 0 Å². The average Bonchev–Trinajstić information content (AvgIpc) is 1.96. The van der Waals surface area contributed by atoms with E-state index in [2.05, 4.69) is 0 Å². The van der Waals surface area contributed by atoms with E-state index in [0.717, 1.165) is 6.08 Å². The molecule has 0 aliphatic carbocycles. The van der Waals surface area contributed by atoms with Crippen molar-refractivity contribution in [2.45, 2.75) is 20.3 Å². The Bertz CT molecular complexity index is 323. The van der Waals surface area contributed by atoms with Gasteiger partial charge in [0.2, 0.25) is 0 Å². The van der Waals surface area contributed by atoms with Crippen molar-refractivity contribution in [1.82, 2.24) is 0 Å². The second-order valence-corrected chi connectivity index (χ2v) is 4.15. The summed E-state index contributed by atoms with van der Waals surface area (Å²) in [6, 6.07) is 0. The van der Waals surface area contributed by atoms with Crippen molar-refractivity contribution >= 4 is 45.6 Å². The third kappa shape index (κ3) is 5.77. The molecule has 0 fully saturated rings. The summed E-state index contributed by atoms with van der Waals surface area (Å²) in [4.78, 5) is 9.88. The fourth-order valence-corrected chi connectivity index (χ4v) is 1.33. The molecule has 0 aromatic heterocycles. The SMILES string of the molecule is CCC(C)/C=C(\C(N)=O)S(=O)(=O)O.[NaH]. The minimum absolute atomic E-state index is 0. The first-order chi connectivity index (χ1) is 5.79.